The molecule has 0 saturated carbocycles. The lowest BCUT2D eigenvalue weighted by molar-refractivity contribution is 0.624. The van der Waals surface area contributed by atoms with E-state index in [0.717, 1.165) is 16.9 Å². The molecule has 1 aromatic heterocycles. The van der Waals surface area contributed by atoms with Gasteiger partial charge in [-0.25, -0.2) is 4.39 Å². The van der Waals surface area contributed by atoms with E-state index in [0.29, 0.717) is 0 Å². The van der Waals surface area contributed by atoms with Gasteiger partial charge < -0.3 is 10.2 Å². The average molecular weight is 294 g/mol. The number of pyridine rings is 1. The lowest BCUT2D eigenvalue weighted by Crippen LogP contribution is -2.14. The monoisotopic (exact) mass is 293 g/mol. The Morgan fingerprint density at radius 2 is 2.05 bits per heavy atom. The summed E-state index contributed by atoms with van der Waals surface area (Å²) < 4.78 is 13.5. The van der Waals surface area contributed by atoms with Crippen molar-refractivity contribution in [2.75, 3.05) is 24.3 Å². The van der Waals surface area contributed by atoms with Gasteiger partial charge in [-0.05, 0) is 30.7 Å². The first-order valence-electron chi connectivity index (χ1n) is 6.32. The molecule has 0 saturated heterocycles. The third-order valence-corrected chi connectivity index (χ3v) is 3.40. The van der Waals surface area contributed by atoms with Crippen molar-refractivity contribution in [1.82, 2.24) is 4.98 Å². The predicted octanol–water partition coefficient (Wildman–Crippen LogP) is 4.11. The second kappa shape index (κ2) is 6.09. The van der Waals surface area contributed by atoms with Crippen LogP contribution in [0, 0.1) is 5.82 Å². The van der Waals surface area contributed by atoms with Gasteiger partial charge in [0.2, 0.25) is 0 Å². The number of halogens is 2. The fourth-order valence-electron chi connectivity index (χ4n) is 1.99. The minimum absolute atomic E-state index is 0.0512. The van der Waals surface area contributed by atoms with E-state index in [9.17, 15) is 4.39 Å². The molecule has 5 heteroatoms. The predicted molar refractivity (Wildman–Crippen MR) is 82.0 cm³/mol. The van der Waals surface area contributed by atoms with Crippen molar-refractivity contribution in [2.45, 2.75) is 13.0 Å². The number of hydrogen-bond donors (Lipinski definition) is 1. The third kappa shape index (κ3) is 3.20. The molecule has 0 aliphatic rings. The highest BCUT2D eigenvalue weighted by Crippen LogP contribution is 2.28. The smallest absolute Gasteiger partial charge is 0.142 e. The summed E-state index contributed by atoms with van der Waals surface area (Å²) in [4.78, 5) is 6.12. The number of rotatable bonds is 4. The molecular formula is C15H17ClFN3. The van der Waals surface area contributed by atoms with Crippen molar-refractivity contribution in [3.05, 3.63) is 53.1 Å². The van der Waals surface area contributed by atoms with E-state index in [1.54, 1.807) is 18.5 Å². The molecule has 3 nitrogen and oxygen atoms in total. The number of nitrogens with one attached hydrogen (secondary N) is 1. The van der Waals surface area contributed by atoms with Crippen molar-refractivity contribution >= 4 is 23.0 Å². The Kier molecular flexibility index (Phi) is 4.45. The van der Waals surface area contributed by atoms with Crippen molar-refractivity contribution in [3.8, 4) is 0 Å². The van der Waals surface area contributed by atoms with Crippen LogP contribution >= 0.6 is 11.6 Å². The topological polar surface area (TPSA) is 28.2 Å². The van der Waals surface area contributed by atoms with Crippen molar-refractivity contribution in [2.24, 2.45) is 0 Å². The van der Waals surface area contributed by atoms with Crippen LogP contribution in [0.1, 0.15) is 18.5 Å². The molecule has 1 N–H and O–H groups in total. The SMILES string of the molecule is CC(Nc1cnccc1N(C)C)c1ccc(Cl)c(F)c1. The summed E-state index contributed by atoms with van der Waals surface area (Å²) >= 11 is 5.70. The van der Waals surface area contributed by atoms with Crippen LogP contribution in [0.15, 0.2) is 36.7 Å². The van der Waals surface area contributed by atoms with Gasteiger partial charge in [0.1, 0.15) is 5.82 Å². The van der Waals surface area contributed by atoms with E-state index in [-0.39, 0.29) is 11.1 Å². The summed E-state index contributed by atoms with van der Waals surface area (Å²) in [6.45, 7) is 1.97. The first-order valence-corrected chi connectivity index (χ1v) is 6.69. The Hall–Kier alpha value is -1.81. The van der Waals surface area contributed by atoms with Crippen molar-refractivity contribution < 1.29 is 4.39 Å². The van der Waals surface area contributed by atoms with E-state index in [2.05, 4.69) is 10.3 Å². The summed E-state index contributed by atoms with van der Waals surface area (Å²) in [5.41, 5.74) is 2.77. The first-order chi connectivity index (χ1) is 9.49. The normalized spacial score (nSPS) is 12.1. The fourth-order valence-corrected chi connectivity index (χ4v) is 2.10. The molecule has 1 unspecified atom stereocenters. The highest BCUT2D eigenvalue weighted by Gasteiger charge is 2.11. The van der Waals surface area contributed by atoms with Crippen molar-refractivity contribution in [1.29, 1.82) is 0 Å². The van der Waals surface area contributed by atoms with Gasteiger partial charge in [0.25, 0.3) is 0 Å². The first kappa shape index (κ1) is 14.6. The van der Waals surface area contributed by atoms with Crippen LogP contribution < -0.4 is 10.2 Å². The maximum absolute atomic E-state index is 13.5. The molecule has 2 rings (SSSR count). The van der Waals surface area contributed by atoms with Gasteiger partial charge in [-0.1, -0.05) is 17.7 Å². The van der Waals surface area contributed by atoms with Crippen LogP contribution in [0.4, 0.5) is 15.8 Å². The summed E-state index contributed by atoms with van der Waals surface area (Å²) in [5, 5.41) is 3.48. The van der Waals surface area contributed by atoms with Gasteiger partial charge in [0.05, 0.1) is 22.6 Å². The molecule has 2 aromatic rings. The van der Waals surface area contributed by atoms with Crippen LogP contribution in [0.3, 0.4) is 0 Å². The zero-order valence-corrected chi connectivity index (χ0v) is 12.4. The summed E-state index contributed by atoms with van der Waals surface area (Å²) in [7, 11) is 3.93. The van der Waals surface area contributed by atoms with Crippen molar-refractivity contribution in [3.63, 3.8) is 0 Å². The zero-order valence-electron chi connectivity index (χ0n) is 11.7. The van der Waals surface area contributed by atoms with Gasteiger partial charge in [-0.2, -0.15) is 0 Å². The Balaban J connectivity index is 2.23. The van der Waals surface area contributed by atoms with Gasteiger partial charge in [-0.3, -0.25) is 4.98 Å². The van der Waals surface area contributed by atoms with Crippen LogP contribution in [-0.4, -0.2) is 19.1 Å². The maximum Gasteiger partial charge on any atom is 0.142 e. The highest BCUT2D eigenvalue weighted by atomic mass is 35.5. The molecule has 0 aliphatic carbocycles. The Bertz CT molecular complexity index is 601. The highest BCUT2D eigenvalue weighted by molar-refractivity contribution is 6.30. The number of aromatic nitrogens is 1. The quantitative estimate of drug-likeness (QED) is 0.919. The van der Waals surface area contributed by atoms with Crippen LogP contribution in [0.25, 0.3) is 0 Å². The molecule has 0 aliphatic heterocycles. The average Bonchev–Trinajstić information content (AvgIpc) is 2.42. The Morgan fingerprint density at radius 3 is 2.70 bits per heavy atom. The molecule has 1 aromatic carbocycles. The maximum atomic E-state index is 13.5. The van der Waals surface area contributed by atoms with Crippen LogP contribution in [0.2, 0.25) is 5.02 Å². The lowest BCUT2D eigenvalue weighted by Gasteiger charge is -2.21. The minimum atomic E-state index is -0.406. The minimum Gasteiger partial charge on any atom is -0.376 e. The largest absolute Gasteiger partial charge is 0.376 e. The van der Waals surface area contributed by atoms with E-state index < -0.39 is 5.82 Å². The standard InChI is InChI=1S/C15H17ClFN3/c1-10(11-4-5-12(16)13(17)8-11)19-14-9-18-7-6-15(14)20(2)3/h4-10,19H,1-3H3. The fraction of sp³-hybridized carbons (Fsp3) is 0.267. The molecule has 0 fully saturated rings. The Labute approximate surface area is 123 Å². The number of benzene rings is 1. The molecule has 0 radical (unpaired) electrons. The molecule has 20 heavy (non-hydrogen) atoms. The third-order valence-electron chi connectivity index (χ3n) is 3.10. The van der Waals surface area contributed by atoms with E-state index in [4.69, 9.17) is 11.6 Å². The van der Waals surface area contributed by atoms with E-state index >= 15 is 0 Å². The molecule has 1 atom stereocenters. The number of hydrogen-bond acceptors (Lipinski definition) is 3. The van der Waals surface area contributed by atoms with Gasteiger partial charge in [-0.15, -0.1) is 0 Å². The number of anilines is 2. The summed E-state index contributed by atoms with van der Waals surface area (Å²) in [6, 6.07) is 6.71. The molecule has 0 amide bonds. The van der Waals surface area contributed by atoms with Crippen LogP contribution in [0.5, 0.6) is 0 Å². The van der Waals surface area contributed by atoms with Crippen LogP contribution in [-0.2, 0) is 0 Å². The lowest BCUT2D eigenvalue weighted by atomic mass is 10.1. The van der Waals surface area contributed by atoms with Gasteiger partial charge >= 0.3 is 0 Å². The molecular weight excluding hydrogens is 277 g/mol. The molecule has 1 heterocycles. The Morgan fingerprint density at radius 1 is 1.30 bits per heavy atom. The van der Waals surface area contributed by atoms with E-state index in [1.807, 2.05) is 38.1 Å². The van der Waals surface area contributed by atoms with E-state index in [1.165, 1.54) is 6.07 Å². The summed E-state index contributed by atoms with van der Waals surface area (Å²) in [5.74, 6) is -0.406. The summed E-state index contributed by atoms with van der Waals surface area (Å²) in [6.07, 6.45) is 3.51. The second-order valence-electron chi connectivity index (χ2n) is 4.83. The second-order valence-corrected chi connectivity index (χ2v) is 5.23. The van der Waals surface area contributed by atoms with Gasteiger partial charge in [0, 0.05) is 26.3 Å². The number of nitrogens with zero attached hydrogens (tertiary/aromatic N) is 2. The molecule has 0 spiro atoms. The zero-order chi connectivity index (χ0) is 14.7. The molecule has 106 valence electrons. The molecule has 0 bridgehead atoms. The van der Waals surface area contributed by atoms with Gasteiger partial charge in [0.15, 0.2) is 0 Å².